The maximum Gasteiger partial charge on any atom is 0.423 e. The molecule has 2 nitrogen and oxygen atoms in total. The molecule has 70 valence electrons. The van der Waals surface area contributed by atoms with Crippen molar-refractivity contribution in [2.24, 2.45) is 0 Å². The second-order valence-corrected chi connectivity index (χ2v) is 2.36. The van der Waals surface area contributed by atoms with Gasteiger partial charge in [0.15, 0.2) is 0 Å². The van der Waals surface area contributed by atoms with Crippen LogP contribution in [0.2, 0.25) is 0 Å². The van der Waals surface area contributed by atoms with Crippen LogP contribution in [-0.2, 0) is 9.53 Å². The van der Waals surface area contributed by atoms with Gasteiger partial charge in [-0.1, -0.05) is 5.57 Å². The average Bonchev–Trinajstić information content (AvgIpc) is 1.83. The van der Waals surface area contributed by atoms with Crippen LogP contribution in [0.4, 0.5) is 13.2 Å². The van der Waals surface area contributed by atoms with Crippen LogP contribution in [0.15, 0.2) is 11.1 Å². The third-order valence-electron chi connectivity index (χ3n) is 1.17. The summed E-state index contributed by atoms with van der Waals surface area (Å²) in [5, 5.41) is 0. The van der Waals surface area contributed by atoms with E-state index in [2.05, 4.69) is 4.74 Å². The molecule has 0 aromatic rings. The Bertz CT molecular complexity index is 211. The Morgan fingerprint density at radius 3 is 1.75 bits per heavy atom. The van der Waals surface area contributed by atoms with Gasteiger partial charge in [-0.2, -0.15) is 13.2 Å². The maximum absolute atomic E-state index is 12.0. The van der Waals surface area contributed by atoms with Crippen molar-refractivity contribution in [3.8, 4) is 0 Å². The highest BCUT2D eigenvalue weighted by Crippen LogP contribution is 2.28. The monoisotopic (exact) mass is 182 g/mol. The van der Waals surface area contributed by atoms with E-state index in [-0.39, 0.29) is 5.57 Å². The summed E-state index contributed by atoms with van der Waals surface area (Å²) < 4.78 is 40.1. The van der Waals surface area contributed by atoms with Crippen LogP contribution in [0, 0.1) is 0 Å². The fraction of sp³-hybridized carbons (Fsp3) is 0.571. The fourth-order valence-corrected chi connectivity index (χ4v) is 0.705. The first-order chi connectivity index (χ1) is 5.30. The first-order valence-electron chi connectivity index (χ1n) is 3.13. The number of hydrogen-bond acceptors (Lipinski definition) is 2. The second kappa shape index (κ2) is 3.60. The minimum atomic E-state index is -4.63. The Balaban J connectivity index is 4.97. The Morgan fingerprint density at radius 2 is 1.67 bits per heavy atom. The molecule has 0 heterocycles. The molecule has 0 aromatic carbocycles. The summed E-state index contributed by atoms with van der Waals surface area (Å²) in [5.41, 5.74) is -1.33. The van der Waals surface area contributed by atoms with Crippen molar-refractivity contribution in [3.63, 3.8) is 0 Å². The minimum Gasteiger partial charge on any atom is -0.465 e. The molecule has 0 aliphatic rings. The Morgan fingerprint density at radius 1 is 1.25 bits per heavy atom. The number of allylic oxidation sites excluding steroid dienone is 1. The van der Waals surface area contributed by atoms with Crippen molar-refractivity contribution >= 4 is 5.97 Å². The molecule has 0 aliphatic carbocycles. The average molecular weight is 182 g/mol. The number of methoxy groups -OCH3 is 1. The topological polar surface area (TPSA) is 26.3 Å². The normalized spacial score (nSPS) is 10.8. The summed E-state index contributed by atoms with van der Waals surface area (Å²) in [4.78, 5) is 10.6. The minimum absolute atomic E-state index is 0.102. The molecule has 0 unspecified atom stereocenters. The number of alkyl halides is 3. The van der Waals surface area contributed by atoms with Gasteiger partial charge < -0.3 is 4.74 Å². The Hall–Kier alpha value is -1.00. The highest BCUT2D eigenvalue weighted by molar-refractivity contribution is 5.90. The molecule has 0 radical (unpaired) electrons. The van der Waals surface area contributed by atoms with E-state index in [0.717, 1.165) is 7.11 Å². The summed E-state index contributed by atoms with van der Waals surface area (Å²) >= 11 is 0. The number of rotatable bonds is 1. The molecule has 0 aliphatic heterocycles. The Kier molecular flexibility index (Phi) is 3.30. The largest absolute Gasteiger partial charge is 0.465 e. The lowest BCUT2D eigenvalue weighted by Gasteiger charge is -2.10. The highest BCUT2D eigenvalue weighted by atomic mass is 19.4. The van der Waals surface area contributed by atoms with Crippen molar-refractivity contribution in [1.29, 1.82) is 0 Å². The molecular formula is C7H9F3O2. The quantitative estimate of drug-likeness (QED) is 0.458. The van der Waals surface area contributed by atoms with Gasteiger partial charge in [-0.15, -0.1) is 0 Å². The van der Waals surface area contributed by atoms with Gasteiger partial charge in [0.2, 0.25) is 0 Å². The van der Waals surface area contributed by atoms with Gasteiger partial charge in [-0.3, -0.25) is 0 Å². The van der Waals surface area contributed by atoms with Crippen LogP contribution in [0.3, 0.4) is 0 Å². The first-order valence-corrected chi connectivity index (χ1v) is 3.13. The number of carbonyl (C=O) groups excluding carboxylic acids is 1. The van der Waals surface area contributed by atoms with E-state index in [0.29, 0.717) is 0 Å². The van der Waals surface area contributed by atoms with Crippen LogP contribution in [0.25, 0.3) is 0 Å². The van der Waals surface area contributed by atoms with Crippen LogP contribution < -0.4 is 0 Å². The SMILES string of the molecule is COC(=O)C(=C(C)C)C(F)(F)F. The molecule has 0 saturated carbocycles. The predicted molar refractivity (Wildman–Crippen MR) is 36.4 cm³/mol. The van der Waals surface area contributed by atoms with Crippen molar-refractivity contribution in [2.75, 3.05) is 7.11 Å². The van der Waals surface area contributed by atoms with Gasteiger partial charge in [-0.25, -0.2) is 4.79 Å². The summed E-state index contributed by atoms with van der Waals surface area (Å²) in [5.74, 6) is -1.34. The smallest absolute Gasteiger partial charge is 0.423 e. The van der Waals surface area contributed by atoms with Gasteiger partial charge in [0, 0.05) is 0 Å². The standard InChI is InChI=1S/C7H9F3O2/c1-4(2)5(6(11)12-3)7(8,9)10/h1-3H3. The van der Waals surface area contributed by atoms with E-state index >= 15 is 0 Å². The van der Waals surface area contributed by atoms with Crippen molar-refractivity contribution in [2.45, 2.75) is 20.0 Å². The fourth-order valence-electron chi connectivity index (χ4n) is 0.705. The maximum atomic E-state index is 12.0. The molecule has 0 aromatic heterocycles. The molecule has 0 bridgehead atoms. The molecule has 0 spiro atoms. The van der Waals surface area contributed by atoms with Crippen molar-refractivity contribution in [1.82, 2.24) is 0 Å². The number of carbonyl (C=O) groups is 1. The van der Waals surface area contributed by atoms with E-state index in [1.165, 1.54) is 13.8 Å². The van der Waals surface area contributed by atoms with Crippen LogP contribution in [-0.4, -0.2) is 19.3 Å². The van der Waals surface area contributed by atoms with E-state index in [9.17, 15) is 18.0 Å². The zero-order chi connectivity index (χ0) is 9.94. The molecule has 0 saturated heterocycles. The summed E-state index contributed by atoms with van der Waals surface area (Å²) in [7, 11) is 0.914. The lowest BCUT2D eigenvalue weighted by atomic mass is 10.1. The van der Waals surface area contributed by atoms with Gasteiger partial charge in [0.1, 0.15) is 5.57 Å². The van der Waals surface area contributed by atoms with Crippen LogP contribution >= 0.6 is 0 Å². The molecule has 0 rings (SSSR count). The van der Waals surface area contributed by atoms with Gasteiger partial charge in [0.05, 0.1) is 7.11 Å². The number of halogens is 3. The first kappa shape index (κ1) is 11.0. The molecule has 0 fully saturated rings. The third kappa shape index (κ3) is 2.56. The van der Waals surface area contributed by atoms with E-state index in [4.69, 9.17) is 0 Å². The van der Waals surface area contributed by atoms with Crippen molar-refractivity contribution < 1.29 is 22.7 Å². The summed E-state index contributed by atoms with van der Waals surface area (Å²) in [6.07, 6.45) is -4.63. The van der Waals surface area contributed by atoms with Gasteiger partial charge >= 0.3 is 12.1 Å². The van der Waals surface area contributed by atoms with Gasteiger partial charge in [-0.05, 0) is 13.8 Å². The zero-order valence-electron chi connectivity index (χ0n) is 6.95. The van der Waals surface area contributed by atoms with Crippen LogP contribution in [0.1, 0.15) is 13.8 Å². The molecule has 0 N–H and O–H groups in total. The lowest BCUT2D eigenvalue weighted by Crippen LogP contribution is -2.22. The molecular weight excluding hydrogens is 173 g/mol. The molecule has 0 amide bonds. The molecule has 0 atom stereocenters. The second-order valence-electron chi connectivity index (χ2n) is 2.36. The number of esters is 1. The zero-order valence-corrected chi connectivity index (χ0v) is 6.95. The predicted octanol–water partition coefficient (Wildman–Crippen LogP) is 2.06. The Labute approximate surface area is 68.0 Å². The summed E-state index contributed by atoms with van der Waals surface area (Å²) in [6.45, 7) is 2.42. The van der Waals surface area contributed by atoms with E-state index in [1.54, 1.807) is 0 Å². The summed E-state index contributed by atoms with van der Waals surface area (Å²) in [6, 6.07) is 0. The lowest BCUT2D eigenvalue weighted by molar-refractivity contribution is -0.148. The molecule has 12 heavy (non-hydrogen) atoms. The van der Waals surface area contributed by atoms with Crippen LogP contribution in [0.5, 0.6) is 0 Å². The number of hydrogen-bond donors (Lipinski definition) is 0. The highest BCUT2D eigenvalue weighted by Gasteiger charge is 2.40. The molecule has 5 heteroatoms. The van der Waals surface area contributed by atoms with Gasteiger partial charge in [0.25, 0.3) is 0 Å². The number of ether oxygens (including phenoxy) is 1. The third-order valence-corrected chi connectivity index (χ3v) is 1.17. The van der Waals surface area contributed by atoms with E-state index < -0.39 is 17.7 Å². The van der Waals surface area contributed by atoms with Crippen molar-refractivity contribution in [3.05, 3.63) is 11.1 Å². The van der Waals surface area contributed by atoms with E-state index in [1.807, 2.05) is 0 Å².